The van der Waals surface area contributed by atoms with Crippen LogP contribution < -0.4 is 4.74 Å². The molecule has 1 saturated heterocycles. The van der Waals surface area contributed by atoms with Gasteiger partial charge in [0, 0.05) is 13.0 Å². The van der Waals surface area contributed by atoms with Gasteiger partial charge in [0.05, 0.1) is 13.2 Å². The Morgan fingerprint density at radius 1 is 1.12 bits per heavy atom. The highest BCUT2D eigenvalue weighted by molar-refractivity contribution is 5.20. The normalized spacial score (nSPS) is 20.1. The highest BCUT2D eigenvalue weighted by atomic mass is 16.7. The molecular formula is C14H20O3. The van der Waals surface area contributed by atoms with Gasteiger partial charge in [-0.05, 0) is 31.4 Å². The van der Waals surface area contributed by atoms with Crippen molar-refractivity contribution in [1.82, 2.24) is 0 Å². The number of ether oxygens (including phenoxy) is 3. The summed E-state index contributed by atoms with van der Waals surface area (Å²) in [6.07, 6.45) is 4.32. The standard InChI is InChI=1S/C14H20O3/c1-2-7-13(8-3-1)15-11-6-12-17-14-9-4-5-10-16-14/h1-3,7-8,14H,4-6,9-12H2. The first-order valence-corrected chi connectivity index (χ1v) is 6.36. The molecule has 0 N–H and O–H groups in total. The van der Waals surface area contributed by atoms with E-state index in [2.05, 4.69) is 0 Å². The zero-order valence-corrected chi connectivity index (χ0v) is 10.1. The fourth-order valence-corrected chi connectivity index (χ4v) is 1.82. The molecule has 17 heavy (non-hydrogen) atoms. The maximum Gasteiger partial charge on any atom is 0.157 e. The maximum atomic E-state index is 5.62. The minimum atomic E-state index is 0.0143. The lowest BCUT2D eigenvalue weighted by Gasteiger charge is -2.22. The molecule has 0 spiro atoms. The summed E-state index contributed by atoms with van der Waals surface area (Å²) < 4.78 is 16.7. The van der Waals surface area contributed by atoms with E-state index >= 15 is 0 Å². The minimum absolute atomic E-state index is 0.0143. The molecule has 0 bridgehead atoms. The highest BCUT2D eigenvalue weighted by Crippen LogP contribution is 2.14. The van der Waals surface area contributed by atoms with Gasteiger partial charge in [-0.2, -0.15) is 0 Å². The molecule has 3 nitrogen and oxygen atoms in total. The van der Waals surface area contributed by atoms with Gasteiger partial charge in [-0.3, -0.25) is 0 Å². The monoisotopic (exact) mass is 236 g/mol. The lowest BCUT2D eigenvalue weighted by atomic mass is 10.2. The van der Waals surface area contributed by atoms with Gasteiger partial charge in [-0.25, -0.2) is 0 Å². The summed E-state index contributed by atoms with van der Waals surface area (Å²) in [5.74, 6) is 0.918. The average Bonchev–Trinajstić information content (AvgIpc) is 2.41. The summed E-state index contributed by atoms with van der Waals surface area (Å²) in [5, 5.41) is 0. The second-order valence-electron chi connectivity index (χ2n) is 4.18. The molecule has 2 rings (SSSR count). The molecule has 1 aromatic rings. The molecule has 1 aliphatic rings. The predicted molar refractivity (Wildman–Crippen MR) is 66.1 cm³/mol. The zero-order valence-electron chi connectivity index (χ0n) is 10.1. The molecule has 0 aliphatic carbocycles. The average molecular weight is 236 g/mol. The van der Waals surface area contributed by atoms with Crippen LogP contribution in [0.3, 0.4) is 0 Å². The summed E-state index contributed by atoms with van der Waals surface area (Å²) >= 11 is 0. The Morgan fingerprint density at radius 2 is 2.00 bits per heavy atom. The third kappa shape index (κ3) is 4.75. The number of hydrogen-bond donors (Lipinski definition) is 0. The Balaban J connectivity index is 1.51. The van der Waals surface area contributed by atoms with Gasteiger partial charge in [0.15, 0.2) is 6.29 Å². The Bertz CT molecular complexity index is 294. The lowest BCUT2D eigenvalue weighted by molar-refractivity contribution is -0.163. The molecule has 1 aromatic carbocycles. The number of hydrogen-bond acceptors (Lipinski definition) is 3. The Morgan fingerprint density at radius 3 is 2.76 bits per heavy atom. The van der Waals surface area contributed by atoms with Crippen LogP contribution in [0.2, 0.25) is 0 Å². The Labute approximate surface area is 103 Å². The van der Waals surface area contributed by atoms with Crippen LogP contribution in [0.4, 0.5) is 0 Å². The van der Waals surface area contributed by atoms with E-state index in [-0.39, 0.29) is 6.29 Å². The van der Waals surface area contributed by atoms with Gasteiger partial charge in [0.25, 0.3) is 0 Å². The van der Waals surface area contributed by atoms with Gasteiger partial charge >= 0.3 is 0 Å². The van der Waals surface area contributed by atoms with Crippen LogP contribution in [-0.4, -0.2) is 26.1 Å². The molecule has 1 aliphatic heterocycles. The summed E-state index contributed by atoms with van der Waals surface area (Å²) in [6, 6.07) is 9.86. The van der Waals surface area contributed by atoms with Gasteiger partial charge in [-0.15, -0.1) is 0 Å². The second-order valence-corrected chi connectivity index (χ2v) is 4.18. The molecular weight excluding hydrogens is 216 g/mol. The molecule has 1 unspecified atom stereocenters. The van der Waals surface area contributed by atoms with Crippen molar-refractivity contribution in [3.8, 4) is 5.75 Å². The molecule has 0 saturated carbocycles. The van der Waals surface area contributed by atoms with E-state index in [0.717, 1.165) is 31.6 Å². The number of benzene rings is 1. The molecule has 0 aromatic heterocycles. The van der Waals surface area contributed by atoms with Crippen LogP contribution in [-0.2, 0) is 9.47 Å². The van der Waals surface area contributed by atoms with Crippen LogP contribution in [0.5, 0.6) is 5.75 Å². The van der Waals surface area contributed by atoms with E-state index < -0.39 is 0 Å². The van der Waals surface area contributed by atoms with Crippen LogP contribution >= 0.6 is 0 Å². The predicted octanol–water partition coefficient (Wildman–Crippen LogP) is 3.00. The fourth-order valence-electron chi connectivity index (χ4n) is 1.82. The van der Waals surface area contributed by atoms with Crippen molar-refractivity contribution in [1.29, 1.82) is 0 Å². The smallest absolute Gasteiger partial charge is 0.157 e. The first kappa shape index (κ1) is 12.4. The molecule has 0 amide bonds. The van der Waals surface area contributed by atoms with Gasteiger partial charge in [0.1, 0.15) is 5.75 Å². The largest absolute Gasteiger partial charge is 0.494 e. The van der Waals surface area contributed by atoms with Crippen molar-refractivity contribution in [2.24, 2.45) is 0 Å². The number of rotatable bonds is 6. The highest BCUT2D eigenvalue weighted by Gasteiger charge is 2.13. The Hall–Kier alpha value is -1.06. The van der Waals surface area contributed by atoms with Crippen molar-refractivity contribution in [3.63, 3.8) is 0 Å². The third-order valence-electron chi connectivity index (χ3n) is 2.74. The summed E-state index contributed by atoms with van der Waals surface area (Å²) in [5.41, 5.74) is 0. The van der Waals surface area contributed by atoms with E-state index in [0.29, 0.717) is 13.2 Å². The fraction of sp³-hybridized carbons (Fsp3) is 0.571. The molecule has 94 valence electrons. The van der Waals surface area contributed by atoms with Gasteiger partial charge < -0.3 is 14.2 Å². The van der Waals surface area contributed by atoms with Crippen LogP contribution in [0.15, 0.2) is 30.3 Å². The van der Waals surface area contributed by atoms with E-state index in [1.807, 2.05) is 30.3 Å². The van der Waals surface area contributed by atoms with Crippen LogP contribution in [0.1, 0.15) is 25.7 Å². The van der Waals surface area contributed by atoms with Crippen LogP contribution in [0, 0.1) is 0 Å². The molecule has 1 fully saturated rings. The summed E-state index contributed by atoms with van der Waals surface area (Å²) in [6.45, 7) is 2.24. The third-order valence-corrected chi connectivity index (χ3v) is 2.74. The van der Waals surface area contributed by atoms with Crippen molar-refractivity contribution in [3.05, 3.63) is 30.3 Å². The van der Waals surface area contributed by atoms with E-state index in [4.69, 9.17) is 14.2 Å². The van der Waals surface area contributed by atoms with E-state index in [9.17, 15) is 0 Å². The van der Waals surface area contributed by atoms with E-state index in [1.165, 1.54) is 6.42 Å². The molecule has 1 heterocycles. The topological polar surface area (TPSA) is 27.7 Å². The lowest BCUT2D eigenvalue weighted by Crippen LogP contribution is -2.23. The number of para-hydroxylation sites is 1. The molecule has 1 atom stereocenters. The second kappa shape index (κ2) is 7.30. The summed E-state index contributed by atoms with van der Waals surface area (Å²) in [7, 11) is 0. The SMILES string of the molecule is c1ccc(OCCCOC2CCCCO2)cc1. The van der Waals surface area contributed by atoms with E-state index in [1.54, 1.807) is 0 Å². The minimum Gasteiger partial charge on any atom is -0.494 e. The van der Waals surface area contributed by atoms with Crippen molar-refractivity contribution >= 4 is 0 Å². The Kier molecular flexibility index (Phi) is 5.33. The quantitative estimate of drug-likeness (QED) is 0.711. The van der Waals surface area contributed by atoms with Crippen LogP contribution in [0.25, 0.3) is 0 Å². The van der Waals surface area contributed by atoms with Crippen molar-refractivity contribution < 1.29 is 14.2 Å². The summed E-state index contributed by atoms with van der Waals surface area (Å²) in [4.78, 5) is 0. The maximum absolute atomic E-state index is 5.62. The van der Waals surface area contributed by atoms with Crippen molar-refractivity contribution in [2.45, 2.75) is 32.0 Å². The van der Waals surface area contributed by atoms with Gasteiger partial charge in [-0.1, -0.05) is 18.2 Å². The first-order valence-electron chi connectivity index (χ1n) is 6.36. The van der Waals surface area contributed by atoms with Crippen molar-refractivity contribution in [2.75, 3.05) is 19.8 Å². The first-order chi connectivity index (χ1) is 8.45. The zero-order chi connectivity index (χ0) is 11.8. The van der Waals surface area contributed by atoms with Gasteiger partial charge in [0.2, 0.25) is 0 Å². The molecule has 3 heteroatoms. The molecule has 0 radical (unpaired) electrons.